The van der Waals surface area contributed by atoms with Crippen LogP contribution >= 0.6 is 0 Å². The molecule has 2 aromatic rings. The second-order valence-corrected chi connectivity index (χ2v) is 14.1. The van der Waals surface area contributed by atoms with Crippen molar-refractivity contribution in [3.05, 3.63) is 122 Å². The van der Waals surface area contributed by atoms with Crippen molar-refractivity contribution in [1.29, 1.82) is 0 Å². The Morgan fingerprint density at radius 3 is 2.46 bits per heavy atom. The molecule has 0 N–H and O–H groups in total. The molecule has 7 aliphatic rings. The van der Waals surface area contributed by atoms with Crippen LogP contribution in [0.25, 0.3) is 16.7 Å². The number of rotatable bonds is 0. The van der Waals surface area contributed by atoms with Crippen molar-refractivity contribution < 1.29 is 0 Å². The molecule has 0 aromatic heterocycles. The average Bonchev–Trinajstić information content (AvgIpc) is 3.25. The van der Waals surface area contributed by atoms with Gasteiger partial charge in [-0.1, -0.05) is 102 Å². The summed E-state index contributed by atoms with van der Waals surface area (Å²) in [7, 11) is 0. The fraction of sp³-hybridized carbons (Fsp3) is 0.351. The van der Waals surface area contributed by atoms with Gasteiger partial charge in [0.25, 0.3) is 0 Å². The summed E-state index contributed by atoms with van der Waals surface area (Å²) in [5, 5.41) is 0. The first-order valence-corrected chi connectivity index (χ1v) is 14.2. The lowest BCUT2D eigenvalue weighted by Crippen LogP contribution is -2.38. The predicted octanol–water partition coefficient (Wildman–Crippen LogP) is 8.88. The van der Waals surface area contributed by atoms with Crippen molar-refractivity contribution in [3.8, 4) is 11.1 Å². The van der Waals surface area contributed by atoms with Gasteiger partial charge < -0.3 is 0 Å². The first-order chi connectivity index (χ1) is 17.6. The van der Waals surface area contributed by atoms with Crippen molar-refractivity contribution in [2.45, 2.75) is 64.2 Å². The summed E-state index contributed by atoms with van der Waals surface area (Å²) in [5.41, 5.74) is 20.6. The lowest BCUT2D eigenvalue weighted by molar-refractivity contribution is 0.396. The maximum Gasteiger partial charge on any atom is 0.0196 e. The van der Waals surface area contributed by atoms with E-state index >= 15 is 0 Å². The Labute approximate surface area is 220 Å². The Bertz CT molecular complexity index is 1710. The van der Waals surface area contributed by atoms with Crippen LogP contribution in [0, 0.1) is 17.8 Å². The van der Waals surface area contributed by atoms with Gasteiger partial charge in [0.15, 0.2) is 0 Å². The number of benzene rings is 2. The van der Waals surface area contributed by atoms with Crippen molar-refractivity contribution in [3.63, 3.8) is 0 Å². The lowest BCUT2D eigenvalue weighted by atomic mass is 9.54. The molecular weight excluding hydrogens is 444 g/mol. The minimum Gasteiger partial charge on any atom is -0.0767 e. The van der Waals surface area contributed by atoms with Gasteiger partial charge in [-0.3, -0.25) is 0 Å². The molecule has 9 rings (SSSR count). The molecule has 0 saturated heterocycles. The summed E-state index contributed by atoms with van der Waals surface area (Å²) < 4.78 is 0. The minimum atomic E-state index is -0.0380. The van der Waals surface area contributed by atoms with Crippen molar-refractivity contribution >= 4 is 5.57 Å². The average molecular weight is 479 g/mol. The smallest absolute Gasteiger partial charge is 0.0196 e. The van der Waals surface area contributed by atoms with E-state index in [2.05, 4.69) is 108 Å². The molecule has 0 fully saturated rings. The van der Waals surface area contributed by atoms with Crippen molar-refractivity contribution in [2.75, 3.05) is 0 Å². The Morgan fingerprint density at radius 1 is 0.811 bits per heavy atom. The third kappa shape index (κ3) is 2.08. The van der Waals surface area contributed by atoms with Gasteiger partial charge in [-0.2, -0.15) is 0 Å². The fourth-order valence-electron chi connectivity index (χ4n) is 9.67. The quantitative estimate of drug-likeness (QED) is 0.355. The second-order valence-electron chi connectivity index (χ2n) is 14.1. The van der Waals surface area contributed by atoms with Gasteiger partial charge in [0.1, 0.15) is 0 Å². The van der Waals surface area contributed by atoms with Crippen LogP contribution < -0.4 is 0 Å². The van der Waals surface area contributed by atoms with Gasteiger partial charge in [0, 0.05) is 22.7 Å². The number of allylic oxidation sites excluding steroid dienone is 12. The highest BCUT2D eigenvalue weighted by Gasteiger charge is 2.58. The molecule has 0 amide bonds. The van der Waals surface area contributed by atoms with Crippen LogP contribution in [-0.4, -0.2) is 0 Å². The molecule has 37 heavy (non-hydrogen) atoms. The van der Waals surface area contributed by atoms with E-state index in [0.717, 1.165) is 0 Å². The third-order valence-electron chi connectivity index (χ3n) is 11.4. The molecule has 0 saturated carbocycles. The standard InChI is InChI=1S/C37H34/c1-35(2)25-16-20-11-9-10-19-14-15-21-17-26-31(30(25)29(21)28(19)20)32-27(35)18-23-22-12-7-8-13-24(22)36(3,4)33(23)34(32)37(26,5)6/h7-16,18-19,26,28H,17H2,1-6H3. The van der Waals surface area contributed by atoms with Crippen LogP contribution in [-0.2, 0) is 16.2 Å². The molecule has 0 heteroatoms. The molecule has 0 aliphatic heterocycles. The van der Waals surface area contributed by atoms with Crippen LogP contribution in [0.1, 0.15) is 75.8 Å². The molecule has 3 unspecified atom stereocenters. The maximum absolute atomic E-state index is 2.62. The zero-order chi connectivity index (χ0) is 25.2. The first kappa shape index (κ1) is 20.9. The van der Waals surface area contributed by atoms with Crippen LogP contribution in [0.2, 0.25) is 0 Å². The summed E-state index contributed by atoms with van der Waals surface area (Å²) in [6.45, 7) is 15.1. The second kappa shape index (κ2) is 5.96. The number of fused-ring (bicyclic) bond motifs is 4. The largest absolute Gasteiger partial charge is 0.0767 e. The number of hydrogen-bond donors (Lipinski definition) is 0. The zero-order valence-corrected chi connectivity index (χ0v) is 22.8. The molecule has 0 radical (unpaired) electrons. The summed E-state index contributed by atoms with van der Waals surface area (Å²) in [6.07, 6.45) is 15.9. The summed E-state index contributed by atoms with van der Waals surface area (Å²) in [6, 6.07) is 11.8. The molecule has 0 nitrogen and oxygen atoms in total. The molecule has 2 aromatic carbocycles. The highest BCUT2D eigenvalue weighted by atomic mass is 14.6. The van der Waals surface area contributed by atoms with E-state index in [1.165, 1.54) is 28.7 Å². The Morgan fingerprint density at radius 2 is 1.62 bits per heavy atom. The molecule has 3 atom stereocenters. The monoisotopic (exact) mass is 478 g/mol. The highest BCUT2D eigenvalue weighted by Crippen LogP contribution is 2.70. The van der Waals surface area contributed by atoms with E-state index in [-0.39, 0.29) is 16.2 Å². The topological polar surface area (TPSA) is 0 Å². The van der Waals surface area contributed by atoms with Crippen molar-refractivity contribution in [1.82, 2.24) is 0 Å². The highest BCUT2D eigenvalue weighted by molar-refractivity contribution is 5.98. The van der Waals surface area contributed by atoms with Crippen LogP contribution in [0.5, 0.6) is 0 Å². The Balaban J connectivity index is 1.48. The molecular formula is C37H34. The summed E-state index contributed by atoms with van der Waals surface area (Å²) in [4.78, 5) is 0. The normalized spacial score (nSPS) is 30.6. The summed E-state index contributed by atoms with van der Waals surface area (Å²) >= 11 is 0. The fourth-order valence-corrected chi connectivity index (χ4v) is 9.67. The molecule has 0 heterocycles. The van der Waals surface area contributed by atoms with E-state index in [1.54, 1.807) is 50.1 Å². The predicted molar refractivity (Wildman–Crippen MR) is 154 cm³/mol. The van der Waals surface area contributed by atoms with Gasteiger partial charge in [-0.25, -0.2) is 0 Å². The van der Waals surface area contributed by atoms with E-state index in [1.807, 2.05) is 0 Å². The SMILES string of the molecule is CC1(C)C2=CC3=CC=CC4C=CC5=C(C2=C2c6c1cc1c(c6C(C)(C)C2C5)C(C)(C)c2ccccc2-1)C34. The van der Waals surface area contributed by atoms with E-state index < -0.39 is 0 Å². The summed E-state index contributed by atoms with van der Waals surface area (Å²) in [5.74, 6) is 1.52. The van der Waals surface area contributed by atoms with E-state index in [0.29, 0.717) is 17.8 Å². The lowest BCUT2D eigenvalue weighted by Gasteiger charge is -2.49. The van der Waals surface area contributed by atoms with Crippen LogP contribution in [0.15, 0.2) is 94.7 Å². The van der Waals surface area contributed by atoms with Gasteiger partial charge in [-0.05, 0) is 96.2 Å². The van der Waals surface area contributed by atoms with Crippen LogP contribution in [0.4, 0.5) is 0 Å². The Kier molecular flexibility index (Phi) is 3.36. The minimum absolute atomic E-state index is 0.0151. The van der Waals surface area contributed by atoms with Gasteiger partial charge in [-0.15, -0.1) is 0 Å². The van der Waals surface area contributed by atoms with Gasteiger partial charge in [0.2, 0.25) is 0 Å². The van der Waals surface area contributed by atoms with Gasteiger partial charge in [0.05, 0.1) is 0 Å². The molecule has 182 valence electrons. The van der Waals surface area contributed by atoms with Crippen molar-refractivity contribution in [2.24, 2.45) is 17.8 Å². The maximum atomic E-state index is 2.62. The third-order valence-corrected chi connectivity index (χ3v) is 11.4. The van der Waals surface area contributed by atoms with Gasteiger partial charge >= 0.3 is 0 Å². The van der Waals surface area contributed by atoms with Crippen LogP contribution in [0.3, 0.4) is 0 Å². The van der Waals surface area contributed by atoms with E-state index in [9.17, 15) is 0 Å². The molecule has 0 bridgehead atoms. The Hall–Kier alpha value is -3.12. The number of hydrogen-bond acceptors (Lipinski definition) is 0. The molecule has 0 spiro atoms. The molecule has 7 aliphatic carbocycles. The van der Waals surface area contributed by atoms with E-state index in [4.69, 9.17) is 0 Å². The first-order valence-electron chi connectivity index (χ1n) is 14.2. The zero-order valence-electron chi connectivity index (χ0n) is 22.8.